The van der Waals surface area contributed by atoms with Gasteiger partial charge in [0.05, 0.1) is 21.9 Å². The molecule has 1 atom stereocenters. The maximum Gasteiger partial charge on any atom is 0.337 e. The Hall–Kier alpha value is -5.06. The predicted octanol–water partition coefficient (Wildman–Crippen LogP) is 6.53. The molecule has 1 unspecified atom stereocenters. The molecule has 0 aliphatic heterocycles. The van der Waals surface area contributed by atoms with Gasteiger partial charge in [0.1, 0.15) is 0 Å². The number of carboxylic acids is 2. The number of hydrogen-bond donors (Lipinski definition) is 3. The molecule has 0 saturated heterocycles. The Morgan fingerprint density at radius 3 is 2.18 bits per heavy atom. The monoisotopic (exact) mass is 625 g/mol. The smallest absolute Gasteiger partial charge is 0.337 e. The minimum absolute atomic E-state index is 0.0367. The van der Waals surface area contributed by atoms with Gasteiger partial charge in [-0.25, -0.2) is 9.59 Å². The molecule has 0 aliphatic carbocycles. The van der Waals surface area contributed by atoms with Gasteiger partial charge in [-0.1, -0.05) is 56.0 Å². The predicted molar refractivity (Wildman–Crippen MR) is 171 cm³/mol. The Labute approximate surface area is 260 Å². The van der Waals surface area contributed by atoms with Gasteiger partial charge in [-0.3, -0.25) is 4.55 Å². The average Bonchev–Trinajstić information content (AvgIpc) is 2.98. The lowest BCUT2D eigenvalue weighted by atomic mass is 9.85. The van der Waals surface area contributed by atoms with Crippen LogP contribution in [0.3, 0.4) is 0 Å². The lowest BCUT2D eigenvalue weighted by Crippen LogP contribution is -2.45. The standard InChI is InChI=1S/C35H31NO8S/c1-5-9-32(45(42,43)44)36-30-11-8-7-10-25(30)33(35(40)41)29-17-27(23-14-15-24(34(38)39)20(4)19(23)3)28(18-31(29)36)26-16-22(37)13-12-21(26)6-2/h6-8,10-18,32H,2,5,9H2,1,3-4H3,(H3-,37,38,39,40,41,42,43,44). The highest BCUT2D eigenvalue weighted by atomic mass is 32.2. The summed E-state index contributed by atoms with van der Waals surface area (Å²) in [6.07, 6.45) is 2.00. The molecule has 0 amide bonds. The summed E-state index contributed by atoms with van der Waals surface area (Å²) in [5.74, 6) is -2.64. The highest BCUT2D eigenvalue weighted by molar-refractivity contribution is 7.85. The van der Waals surface area contributed by atoms with Crippen LogP contribution in [0.1, 0.15) is 62.5 Å². The van der Waals surface area contributed by atoms with Crippen molar-refractivity contribution in [3.63, 3.8) is 0 Å². The van der Waals surface area contributed by atoms with E-state index >= 15 is 0 Å². The molecule has 1 heterocycles. The van der Waals surface area contributed by atoms with Crippen LogP contribution in [0.5, 0.6) is 5.75 Å². The van der Waals surface area contributed by atoms with Crippen LogP contribution in [0.4, 0.5) is 0 Å². The number of pyridine rings is 1. The number of aromatic carboxylic acids is 2. The molecule has 45 heavy (non-hydrogen) atoms. The second-order valence-corrected chi connectivity index (χ2v) is 12.5. The van der Waals surface area contributed by atoms with Crippen LogP contribution < -0.4 is 9.67 Å². The SMILES string of the molecule is C=Cc1ccc([O-])cc1-c1cc2c(cc1-c1ccc(C(=O)O)c(C)c1C)c(C(=O)O)c1ccccc1[n+]2C(CCC)S(=O)(=O)O. The summed E-state index contributed by atoms with van der Waals surface area (Å²) in [5, 5.41) is 32.0. The third-order valence-corrected chi connectivity index (χ3v) is 9.46. The number of nitrogens with zero attached hydrogens (tertiary/aromatic N) is 1. The van der Waals surface area contributed by atoms with Crippen molar-refractivity contribution in [2.24, 2.45) is 0 Å². The van der Waals surface area contributed by atoms with E-state index in [1.807, 2.05) is 0 Å². The molecule has 0 fully saturated rings. The molecule has 3 N–H and O–H groups in total. The summed E-state index contributed by atoms with van der Waals surface area (Å²) >= 11 is 0. The third-order valence-electron chi connectivity index (χ3n) is 8.32. The van der Waals surface area contributed by atoms with Gasteiger partial charge in [-0.05, 0) is 77.4 Å². The molecule has 0 radical (unpaired) electrons. The van der Waals surface area contributed by atoms with Crippen LogP contribution in [0.15, 0.2) is 73.3 Å². The van der Waals surface area contributed by atoms with Gasteiger partial charge in [0.2, 0.25) is 11.0 Å². The van der Waals surface area contributed by atoms with Crippen molar-refractivity contribution in [1.82, 2.24) is 0 Å². The van der Waals surface area contributed by atoms with Crippen LogP contribution >= 0.6 is 0 Å². The van der Waals surface area contributed by atoms with E-state index in [0.717, 1.165) is 0 Å². The summed E-state index contributed by atoms with van der Waals surface area (Å²) in [4.78, 5) is 24.8. The van der Waals surface area contributed by atoms with Crippen LogP contribution in [0.25, 0.3) is 50.1 Å². The van der Waals surface area contributed by atoms with Crippen molar-refractivity contribution >= 4 is 49.9 Å². The Bertz CT molecular complexity index is 2170. The fourth-order valence-electron chi connectivity index (χ4n) is 6.09. The van der Waals surface area contributed by atoms with Gasteiger partial charge in [0, 0.05) is 18.6 Å². The van der Waals surface area contributed by atoms with E-state index in [9.17, 15) is 37.9 Å². The fraction of sp³-hybridized carbons (Fsp3) is 0.171. The topological polar surface area (TPSA) is 156 Å². The molecule has 1 aromatic heterocycles. The van der Waals surface area contributed by atoms with Gasteiger partial charge in [0.15, 0.2) is 0 Å². The average molecular weight is 626 g/mol. The molecule has 9 nitrogen and oxygen atoms in total. The first-order valence-electron chi connectivity index (χ1n) is 14.2. The zero-order valence-electron chi connectivity index (χ0n) is 24.9. The number of para-hydroxylation sites is 1. The van der Waals surface area contributed by atoms with Gasteiger partial charge >= 0.3 is 22.1 Å². The van der Waals surface area contributed by atoms with E-state index < -0.39 is 27.4 Å². The summed E-state index contributed by atoms with van der Waals surface area (Å²) in [6.45, 7) is 9.11. The summed E-state index contributed by atoms with van der Waals surface area (Å²) < 4.78 is 37.7. The third kappa shape index (κ3) is 5.43. The molecule has 0 spiro atoms. The normalized spacial score (nSPS) is 12.4. The molecular weight excluding hydrogens is 594 g/mol. The van der Waals surface area contributed by atoms with Gasteiger partial charge in [-0.2, -0.15) is 13.0 Å². The van der Waals surface area contributed by atoms with E-state index in [4.69, 9.17) is 0 Å². The van der Waals surface area contributed by atoms with Crippen LogP contribution in [-0.4, -0.2) is 35.1 Å². The summed E-state index contributed by atoms with van der Waals surface area (Å²) in [7, 11) is -4.69. The number of carbonyl (C=O) groups is 2. The first-order valence-corrected chi connectivity index (χ1v) is 15.7. The van der Waals surface area contributed by atoms with Crippen LogP contribution in [0.2, 0.25) is 0 Å². The zero-order chi connectivity index (χ0) is 32.8. The first-order chi connectivity index (χ1) is 21.3. The van der Waals surface area contributed by atoms with Crippen LogP contribution in [-0.2, 0) is 10.1 Å². The van der Waals surface area contributed by atoms with Crippen LogP contribution in [0, 0.1) is 13.8 Å². The fourth-order valence-corrected chi connectivity index (χ4v) is 7.12. The van der Waals surface area contributed by atoms with Crippen molar-refractivity contribution in [3.05, 3.63) is 101 Å². The van der Waals surface area contributed by atoms with Crippen molar-refractivity contribution < 1.29 is 42.4 Å². The van der Waals surface area contributed by atoms with Crippen molar-refractivity contribution in [1.29, 1.82) is 0 Å². The molecule has 5 aromatic rings. The first kappa shape index (κ1) is 31.4. The molecule has 230 valence electrons. The van der Waals surface area contributed by atoms with E-state index in [-0.39, 0.29) is 45.1 Å². The number of rotatable bonds is 9. The molecule has 4 aromatic carbocycles. The highest BCUT2D eigenvalue weighted by Crippen LogP contribution is 2.42. The van der Waals surface area contributed by atoms with E-state index in [1.165, 1.54) is 22.8 Å². The number of carboxylic acid groups (broad SMARTS) is 2. The van der Waals surface area contributed by atoms with Crippen molar-refractivity contribution in [3.8, 4) is 28.0 Å². The van der Waals surface area contributed by atoms with Gasteiger partial charge in [0.25, 0.3) is 5.37 Å². The minimum Gasteiger partial charge on any atom is -0.872 e. The van der Waals surface area contributed by atoms with E-state index in [1.54, 1.807) is 75.4 Å². The maximum atomic E-state index is 12.9. The van der Waals surface area contributed by atoms with Crippen molar-refractivity contribution in [2.75, 3.05) is 0 Å². The summed E-state index contributed by atoms with van der Waals surface area (Å²) in [6, 6.07) is 17.3. The maximum absolute atomic E-state index is 12.9. The quantitative estimate of drug-likeness (QED) is 0.0948. The largest absolute Gasteiger partial charge is 0.872 e. The molecule has 0 aliphatic rings. The molecule has 10 heteroatoms. The Morgan fingerprint density at radius 1 is 0.867 bits per heavy atom. The van der Waals surface area contributed by atoms with Gasteiger partial charge < -0.3 is 15.3 Å². The second-order valence-electron chi connectivity index (χ2n) is 10.9. The number of benzene rings is 4. The lowest BCUT2D eigenvalue weighted by Gasteiger charge is -2.21. The van der Waals surface area contributed by atoms with E-state index in [0.29, 0.717) is 45.4 Å². The summed E-state index contributed by atoms with van der Waals surface area (Å²) in [5.41, 5.74) is 4.28. The number of hydrogen-bond acceptors (Lipinski definition) is 5. The molecular formula is C35H31NO8S. The Morgan fingerprint density at radius 2 is 1.56 bits per heavy atom. The van der Waals surface area contributed by atoms with E-state index in [2.05, 4.69) is 6.58 Å². The minimum atomic E-state index is -4.69. The Balaban J connectivity index is 2.10. The molecule has 0 bridgehead atoms. The number of fused-ring (bicyclic) bond motifs is 2. The molecule has 0 saturated carbocycles. The zero-order valence-corrected chi connectivity index (χ0v) is 25.7. The van der Waals surface area contributed by atoms with Crippen molar-refractivity contribution in [2.45, 2.75) is 39.0 Å². The Kier molecular flexibility index (Phi) is 8.22. The second kappa shape index (κ2) is 11.8. The number of aromatic nitrogens is 1. The van der Waals surface area contributed by atoms with Gasteiger partial charge in [-0.15, -0.1) is 5.75 Å². The highest BCUT2D eigenvalue weighted by Gasteiger charge is 2.37. The lowest BCUT2D eigenvalue weighted by molar-refractivity contribution is -0.651. The molecule has 5 rings (SSSR count).